The summed E-state index contributed by atoms with van der Waals surface area (Å²) in [5.41, 5.74) is 9.32. The van der Waals surface area contributed by atoms with Crippen LogP contribution in [0.3, 0.4) is 0 Å². The Morgan fingerprint density at radius 2 is 1.56 bits per heavy atom. The van der Waals surface area contributed by atoms with E-state index in [2.05, 4.69) is 60.7 Å². The highest BCUT2D eigenvalue weighted by Gasteiger charge is 2.06. The Labute approximate surface area is 170 Å². The first-order valence-electron chi connectivity index (χ1n) is 9.14. The van der Waals surface area contributed by atoms with Crippen molar-refractivity contribution >= 4 is 23.4 Å². The van der Waals surface area contributed by atoms with Crippen LogP contribution in [0.2, 0.25) is 5.02 Å². The number of benzene rings is 3. The Hall–Kier alpha value is -1.78. The van der Waals surface area contributed by atoms with Crippen molar-refractivity contribution < 1.29 is 5.11 Å². The normalized spacial score (nSPS) is 12.1. The summed E-state index contributed by atoms with van der Waals surface area (Å²) in [5, 5.41) is 9.78. The Morgan fingerprint density at radius 1 is 0.889 bits per heavy atom. The van der Waals surface area contributed by atoms with Gasteiger partial charge in [0, 0.05) is 20.9 Å². The van der Waals surface area contributed by atoms with Crippen LogP contribution >= 0.6 is 23.4 Å². The van der Waals surface area contributed by atoms with Crippen molar-refractivity contribution in [2.24, 2.45) is 5.73 Å². The summed E-state index contributed by atoms with van der Waals surface area (Å²) in [7, 11) is 0. The van der Waals surface area contributed by atoms with E-state index in [0.717, 1.165) is 34.7 Å². The molecule has 27 heavy (non-hydrogen) atoms. The molecule has 1 atom stereocenters. The van der Waals surface area contributed by atoms with Gasteiger partial charge in [0.15, 0.2) is 0 Å². The zero-order valence-corrected chi connectivity index (χ0v) is 16.7. The van der Waals surface area contributed by atoms with Crippen molar-refractivity contribution in [1.29, 1.82) is 0 Å². The minimum absolute atomic E-state index is 0.0341. The highest BCUT2D eigenvalue weighted by molar-refractivity contribution is 7.99. The van der Waals surface area contributed by atoms with Gasteiger partial charge in [-0.1, -0.05) is 71.9 Å². The summed E-state index contributed by atoms with van der Waals surface area (Å²) >= 11 is 8.17. The summed E-state index contributed by atoms with van der Waals surface area (Å²) in [5.74, 6) is 0. The quantitative estimate of drug-likeness (QED) is 0.504. The molecule has 1 unspecified atom stereocenters. The van der Waals surface area contributed by atoms with E-state index in [1.807, 2.05) is 12.1 Å². The maximum atomic E-state index is 8.99. The fraction of sp³-hybridized carbons (Fsp3) is 0.217. The lowest BCUT2D eigenvalue weighted by Gasteiger charge is -2.10. The second-order valence-electron chi connectivity index (χ2n) is 6.58. The van der Waals surface area contributed by atoms with Gasteiger partial charge in [0.05, 0.1) is 6.61 Å². The average molecular weight is 398 g/mol. The maximum absolute atomic E-state index is 8.99. The van der Waals surface area contributed by atoms with Gasteiger partial charge in [-0.15, -0.1) is 0 Å². The fourth-order valence-electron chi connectivity index (χ4n) is 2.92. The van der Waals surface area contributed by atoms with Crippen LogP contribution in [0.15, 0.2) is 82.6 Å². The number of aliphatic hydroxyl groups excluding tert-OH is 1. The lowest BCUT2D eigenvalue weighted by atomic mass is 10.1. The number of hydrogen-bond donors (Lipinski definition) is 2. The van der Waals surface area contributed by atoms with Crippen molar-refractivity contribution in [2.75, 3.05) is 6.61 Å². The molecule has 3 aromatic carbocycles. The monoisotopic (exact) mass is 397 g/mol. The van der Waals surface area contributed by atoms with E-state index in [1.165, 1.54) is 16.0 Å². The van der Waals surface area contributed by atoms with E-state index in [0.29, 0.717) is 0 Å². The summed E-state index contributed by atoms with van der Waals surface area (Å²) in [6, 6.07) is 25.1. The summed E-state index contributed by atoms with van der Waals surface area (Å²) in [6.07, 6.45) is 2.61. The third-order valence-corrected chi connectivity index (χ3v) is 5.83. The molecule has 0 saturated heterocycles. The molecule has 0 spiro atoms. The van der Waals surface area contributed by atoms with E-state index in [-0.39, 0.29) is 12.6 Å². The van der Waals surface area contributed by atoms with Gasteiger partial charge in [0.25, 0.3) is 0 Å². The van der Waals surface area contributed by atoms with Crippen LogP contribution in [-0.2, 0) is 6.42 Å². The zero-order chi connectivity index (χ0) is 19.1. The van der Waals surface area contributed by atoms with Crippen molar-refractivity contribution in [2.45, 2.75) is 35.1 Å². The van der Waals surface area contributed by atoms with Gasteiger partial charge >= 0.3 is 0 Å². The Bertz CT molecular complexity index is 852. The van der Waals surface area contributed by atoms with Gasteiger partial charge in [-0.05, 0) is 60.2 Å². The topological polar surface area (TPSA) is 46.2 Å². The number of hydrogen-bond acceptors (Lipinski definition) is 3. The minimum Gasteiger partial charge on any atom is -0.395 e. The van der Waals surface area contributed by atoms with Crippen LogP contribution in [-0.4, -0.2) is 17.8 Å². The lowest BCUT2D eigenvalue weighted by molar-refractivity contribution is 0.258. The van der Waals surface area contributed by atoms with Gasteiger partial charge in [0.1, 0.15) is 0 Å². The minimum atomic E-state index is -0.141. The Kier molecular flexibility index (Phi) is 7.36. The molecule has 3 N–H and O–H groups in total. The van der Waals surface area contributed by atoms with Gasteiger partial charge in [-0.3, -0.25) is 0 Å². The van der Waals surface area contributed by atoms with E-state index in [4.69, 9.17) is 22.4 Å². The molecule has 0 fully saturated rings. The van der Waals surface area contributed by atoms with Gasteiger partial charge < -0.3 is 10.8 Å². The van der Waals surface area contributed by atoms with Gasteiger partial charge in [-0.2, -0.15) is 0 Å². The molecule has 0 aliphatic carbocycles. The number of halogens is 1. The van der Waals surface area contributed by atoms with E-state index >= 15 is 0 Å². The molecule has 0 heterocycles. The highest BCUT2D eigenvalue weighted by atomic mass is 35.5. The Balaban J connectivity index is 1.61. The van der Waals surface area contributed by atoms with Crippen LogP contribution < -0.4 is 5.73 Å². The second kappa shape index (κ2) is 9.95. The number of rotatable bonds is 8. The smallest absolute Gasteiger partial charge is 0.0582 e. The third-order valence-electron chi connectivity index (χ3n) is 4.48. The number of nitrogens with two attached hydrogens (primary N) is 1. The van der Waals surface area contributed by atoms with Crippen molar-refractivity contribution in [3.8, 4) is 11.1 Å². The molecule has 0 aliphatic rings. The first-order chi connectivity index (χ1) is 13.2. The first-order valence-corrected chi connectivity index (χ1v) is 10.3. The highest BCUT2D eigenvalue weighted by Crippen LogP contribution is 2.32. The van der Waals surface area contributed by atoms with E-state index in [1.54, 1.807) is 11.8 Å². The molecule has 0 saturated carbocycles. The summed E-state index contributed by atoms with van der Waals surface area (Å²) < 4.78 is 0. The van der Waals surface area contributed by atoms with Crippen LogP contribution in [0.25, 0.3) is 11.1 Å². The molecular formula is C23H24ClNOS. The zero-order valence-electron chi connectivity index (χ0n) is 15.1. The average Bonchev–Trinajstić information content (AvgIpc) is 2.70. The van der Waals surface area contributed by atoms with E-state index < -0.39 is 0 Å². The molecule has 0 aliphatic heterocycles. The fourth-order valence-corrected chi connectivity index (χ4v) is 4.12. The molecule has 4 heteroatoms. The molecule has 140 valence electrons. The molecule has 3 rings (SSSR count). The predicted molar refractivity (Wildman–Crippen MR) is 115 cm³/mol. The van der Waals surface area contributed by atoms with Gasteiger partial charge in [-0.25, -0.2) is 0 Å². The van der Waals surface area contributed by atoms with Crippen LogP contribution in [0.5, 0.6) is 0 Å². The number of aryl methyl sites for hydroxylation is 1. The molecule has 3 aromatic rings. The first kappa shape index (κ1) is 20.0. The molecule has 0 amide bonds. The summed E-state index contributed by atoms with van der Waals surface area (Å²) in [6.45, 7) is 0.0341. The summed E-state index contributed by atoms with van der Waals surface area (Å²) in [4.78, 5) is 2.32. The number of aliphatic hydroxyl groups is 1. The maximum Gasteiger partial charge on any atom is 0.0582 e. The van der Waals surface area contributed by atoms with Crippen molar-refractivity contribution in [1.82, 2.24) is 0 Å². The Morgan fingerprint density at radius 3 is 2.22 bits per heavy atom. The SMILES string of the molecule is NC(CO)CCCc1ccc(Sc2ccc(-c3ccccc3)cc2)cc1Cl. The van der Waals surface area contributed by atoms with Crippen LogP contribution in [0.1, 0.15) is 18.4 Å². The van der Waals surface area contributed by atoms with Crippen LogP contribution in [0.4, 0.5) is 0 Å². The molecule has 2 nitrogen and oxygen atoms in total. The van der Waals surface area contributed by atoms with Crippen molar-refractivity contribution in [3.63, 3.8) is 0 Å². The predicted octanol–water partition coefficient (Wildman–Crippen LogP) is 5.80. The van der Waals surface area contributed by atoms with Gasteiger partial charge in [0.2, 0.25) is 0 Å². The molecular weight excluding hydrogens is 374 g/mol. The second-order valence-corrected chi connectivity index (χ2v) is 8.13. The third kappa shape index (κ3) is 5.85. The lowest BCUT2D eigenvalue weighted by Crippen LogP contribution is -2.24. The molecule has 0 aromatic heterocycles. The van der Waals surface area contributed by atoms with Crippen LogP contribution in [0, 0.1) is 0 Å². The van der Waals surface area contributed by atoms with Crippen molar-refractivity contribution in [3.05, 3.63) is 83.4 Å². The standard InChI is InChI=1S/C23H24ClNOS/c24-23-15-22(14-11-19(23)7-4-8-20(25)16-26)27-21-12-9-18(10-13-21)17-5-2-1-3-6-17/h1-3,5-6,9-15,20,26H,4,7-8,16,25H2. The molecule has 0 radical (unpaired) electrons. The largest absolute Gasteiger partial charge is 0.395 e. The van der Waals surface area contributed by atoms with E-state index in [9.17, 15) is 0 Å². The molecule has 0 bridgehead atoms.